The summed E-state index contributed by atoms with van der Waals surface area (Å²) in [4.78, 5) is 0. The predicted molar refractivity (Wildman–Crippen MR) is 17.0 cm³/mol. The molecule has 0 aliphatic carbocycles. The molecule has 5 heteroatoms. The molecule has 0 aliphatic rings. The van der Waals surface area contributed by atoms with E-state index in [1.54, 1.807) is 0 Å². The van der Waals surface area contributed by atoms with Crippen molar-refractivity contribution in [1.82, 2.24) is 0 Å². The maximum atomic E-state index is 5.25. The van der Waals surface area contributed by atoms with Gasteiger partial charge in [-0.2, -0.15) is 0 Å². The van der Waals surface area contributed by atoms with Crippen LogP contribution in [0.15, 0.2) is 0 Å². The minimum absolute atomic E-state index is 0. The van der Waals surface area contributed by atoms with Gasteiger partial charge in [0.25, 0.3) is 0 Å². The van der Waals surface area contributed by atoms with Gasteiger partial charge in [0.15, 0.2) is 0 Å². The van der Waals surface area contributed by atoms with E-state index in [2.05, 4.69) is 11.7 Å². The first-order valence-electron chi connectivity index (χ1n) is 0.577. The standard InChI is InChI=1S/Ag.2H3N2/c;2*1-2/h;2*1H,2H2/q;2*-1. The third-order valence-corrected chi connectivity index (χ3v) is 0. The molecule has 0 heterocycles. The fourth-order valence-electron chi connectivity index (χ4n) is 0. The van der Waals surface area contributed by atoms with Gasteiger partial charge in [0.05, 0.1) is 0 Å². The minimum atomic E-state index is 0. The molecule has 39 valence electrons. The number of hydrogen-bond acceptors (Lipinski definition) is 2. The molecule has 0 spiro atoms. The van der Waals surface area contributed by atoms with Crippen LogP contribution in [0.1, 0.15) is 0 Å². The van der Waals surface area contributed by atoms with E-state index in [0.717, 1.165) is 0 Å². The van der Waals surface area contributed by atoms with Crippen molar-refractivity contribution in [3.63, 3.8) is 0 Å². The van der Waals surface area contributed by atoms with Gasteiger partial charge in [-0.25, -0.2) is 0 Å². The second kappa shape index (κ2) is 174. The van der Waals surface area contributed by atoms with Gasteiger partial charge < -0.3 is 23.4 Å². The van der Waals surface area contributed by atoms with Crippen molar-refractivity contribution < 1.29 is 22.4 Å². The molecule has 0 aliphatic heterocycles. The van der Waals surface area contributed by atoms with E-state index < -0.39 is 0 Å². The number of rotatable bonds is 0. The van der Waals surface area contributed by atoms with Crippen molar-refractivity contribution >= 4 is 0 Å². The average Bonchev–Trinajstić information content (AvgIpc) is 1.50. The summed E-state index contributed by atoms with van der Waals surface area (Å²) in [6.45, 7) is 0. The van der Waals surface area contributed by atoms with Crippen molar-refractivity contribution in [2.45, 2.75) is 0 Å². The molecular weight excluding hydrogens is 164 g/mol. The van der Waals surface area contributed by atoms with Gasteiger partial charge in [-0.3, -0.25) is 0 Å². The first-order chi connectivity index (χ1) is 2.00. The van der Waals surface area contributed by atoms with E-state index in [0.29, 0.717) is 0 Å². The third kappa shape index (κ3) is 90.6. The first kappa shape index (κ1) is 17.6. The van der Waals surface area contributed by atoms with Gasteiger partial charge in [-0.05, 0) is 0 Å². The molecule has 0 saturated carbocycles. The van der Waals surface area contributed by atoms with Gasteiger partial charge in [-0.15, -0.1) is 0 Å². The van der Waals surface area contributed by atoms with E-state index in [9.17, 15) is 0 Å². The van der Waals surface area contributed by atoms with Crippen LogP contribution in [-0.4, -0.2) is 0 Å². The molecule has 0 saturated heterocycles. The quantitative estimate of drug-likeness (QED) is 0.299. The smallest absolute Gasteiger partial charge is 0 e. The third-order valence-electron chi connectivity index (χ3n) is 0. The van der Waals surface area contributed by atoms with Crippen LogP contribution in [0.4, 0.5) is 0 Å². The molecular formula is H6AgN4-2. The Kier molecular flexibility index (Phi) is 613. The Balaban J connectivity index is -0.0000000133. The molecule has 6 N–H and O–H groups in total. The second-order valence-corrected chi connectivity index (χ2v) is 0. The van der Waals surface area contributed by atoms with Gasteiger partial charge in [0.1, 0.15) is 0 Å². The van der Waals surface area contributed by atoms with Gasteiger partial charge in [-0.1, -0.05) is 0 Å². The maximum absolute atomic E-state index is 5.25. The maximum Gasteiger partial charge on any atom is 0 e. The molecule has 0 aromatic heterocycles. The van der Waals surface area contributed by atoms with E-state index in [1.165, 1.54) is 0 Å². The summed E-state index contributed by atoms with van der Waals surface area (Å²) in [6, 6.07) is 0. The molecule has 0 rings (SSSR count). The molecule has 0 bridgehead atoms. The predicted octanol–water partition coefficient (Wildman–Crippen LogP) is -0.178. The van der Waals surface area contributed by atoms with E-state index >= 15 is 0 Å². The Hall–Kier alpha value is 0.580. The fourth-order valence-corrected chi connectivity index (χ4v) is 0. The first-order valence-corrected chi connectivity index (χ1v) is 0.577. The van der Waals surface area contributed by atoms with E-state index in [1.807, 2.05) is 0 Å². The molecule has 4 nitrogen and oxygen atoms in total. The van der Waals surface area contributed by atoms with Crippen LogP contribution in [-0.2, 0) is 22.4 Å². The van der Waals surface area contributed by atoms with Gasteiger partial charge >= 0.3 is 0 Å². The zero-order valence-corrected chi connectivity index (χ0v) is 3.94. The Bertz CT molecular complexity index is 3.61. The number of nitrogens with two attached hydrogens (primary N) is 2. The molecule has 0 atom stereocenters. The Morgan fingerprint density at radius 3 is 0.800 bits per heavy atom. The van der Waals surface area contributed by atoms with Crippen LogP contribution in [0, 0.1) is 0 Å². The molecule has 0 aromatic rings. The van der Waals surface area contributed by atoms with Crippen molar-refractivity contribution in [3.8, 4) is 0 Å². The fraction of sp³-hybridized carbons (Fsp3) is 0. The summed E-state index contributed by atoms with van der Waals surface area (Å²) in [7, 11) is 0. The van der Waals surface area contributed by atoms with Gasteiger partial charge in [0.2, 0.25) is 0 Å². The van der Waals surface area contributed by atoms with E-state index in [-0.39, 0.29) is 22.4 Å². The summed E-state index contributed by atoms with van der Waals surface area (Å²) in [6.07, 6.45) is 0. The van der Waals surface area contributed by atoms with Crippen LogP contribution in [0.5, 0.6) is 0 Å². The van der Waals surface area contributed by atoms with Crippen LogP contribution in [0.2, 0.25) is 0 Å². The topological polar surface area (TPSA) is 99.6 Å². The Labute approximate surface area is 46.3 Å². The van der Waals surface area contributed by atoms with Crippen LogP contribution in [0.3, 0.4) is 0 Å². The average molecular weight is 170 g/mol. The van der Waals surface area contributed by atoms with Crippen molar-refractivity contribution in [2.24, 2.45) is 11.7 Å². The second-order valence-electron chi connectivity index (χ2n) is 0. The summed E-state index contributed by atoms with van der Waals surface area (Å²) >= 11 is 0. The van der Waals surface area contributed by atoms with Crippen molar-refractivity contribution in [3.05, 3.63) is 11.7 Å². The van der Waals surface area contributed by atoms with E-state index in [4.69, 9.17) is 11.7 Å². The molecule has 5 heavy (non-hydrogen) atoms. The van der Waals surface area contributed by atoms with Gasteiger partial charge in [0, 0.05) is 22.4 Å². The summed E-state index contributed by atoms with van der Waals surface area (Å²) in [5.41, 5.74) is 0. The molecule has 0 amide bonds. The SMILES string of the molecule is [Ag].[NH-]N.[NH-]N. The zero-order valence-electron chi connectivity index (χ0n) is 2.46. The van der Waals surface area contributed by atoms with Crippen LogP contribution in [0.25, 0.3) is 11.7 Å². The van der Waals surface area contributed by atoms with Crippen LogP contribution >= 0.6 is 0 Å². The van der Waals surface area contributed by atoms with Crippen molar-refractivity contribution in [1.29, 1.82) is 0 Å². The number of nitrogens with one attached hydrogen (secondary N) is 2. The summed E-state index contributed by atoms with van der Waals surface area (Å²) in [5, 5.41) is 0. The summed E-state index contributed by atoms with van der Waals surface area (Å²) < 4.78 is 0. The largest absolute Gasteiger partial charge is 0.615 e. The normalized spacial score (nSPS) is 2.40. The molecule has 0 aromatic carbocycles. The molecule has 0 unspecified atom stereocenters. The summed E-state index contributed by atoms with van der Waals surface area (Å²) in [5.74, 6) is 18.0. The molecule has 0 fully saturated rings. The van der Waals surface area contributed by atoms with Crippen molar-refractivity contribution in [2.75, 3.05) is 0 Å². The van der Waals surface area contributed by atoms with Crippen LogP contribution < -0.4 is 11.7 Å². The Morgan fingerprint density at radius 2 is 0.800 bits per heavy atom. The Morgan fingerprint density at radius 1 is 0.800 bits per heavy atom. The monoisotopic (exact) mass is 169 g/mol. The number of hydrogen-bond donors (Lipinski definition) is 2. The molecule has 1 radical (unpaired) electrons. The minimum Gasteiger partial charge on any atom is -0.615 e. The zero-order chi connectivity index (χ0) is 4.00.